The molecule has 0 aliphatic carbocycles. The molecule has 19 heavy (non-hydrogen) atoms. The van der Waals surface area contributed by atoms with Crippen molar-refractivity contribution >= 4 is 22.4 Å². The van der Waals surface area contributed by atoms with Gasteiger partial charge in [-0.3, -0.25) is 9.69 Å². The zero-order valence-corrected chi connectivity index (χ0v) is 12.5. The summed E-state index contributed by atoms with van der Waals surface area (Å²) in [4.78, 5) is 18.2. The molecule has 0 bridgehead atoms. The van der Waals surface area contributed by atoms with E-state index in [4.69, 9.17) is 0 Å². The van der Waals surface area contributed by atoms with Gasteiger partial charge in [0, 0.05) is 11.4 Å². The average molecular weight is 283 g/mol. The van der Waals surface area contributed by atoms with Crippen molar-refractivity contribution in [2.24, 2.45) is 0 Å². The first-order valence-electron chi connectivity index (χ1n) is 6.54. The van der Waals surface area contributed by atoms with Gasteiger partial charge >= 0.3 is 0 Å². The number of nitrogens with zero attached hydrogens (tertiary/aromatic N) is 2. The standard InChI is InChI=1S/C13H21N3O2S/c1-9-8-19-12(14-9)15-11(17)7-16-6-4-5-10(16)13(2,3)18/h8,10,18H,4-7H2,1-3H3,(H,14,15,17). The van der Waals surface area contributed by atoms with E-state index in [9.17, 15) is 9.90 Å². The van der Waals surface area contributed by atoms with E-state index in [1.165, 1.54) is 11.3 Å². The van der Waals surface area contributed by atoms with Gasteiger partial charge in [0.15, 0.2) is 5.13 Å². The molecular weight excluding hydrogens is 262 g/mol. The number of carbonyl (C=O) groups is 1. The number of thiazole rings is 1. The molecule has 1 amide bonds. The molecular formula is C13H21N3O2S. The fraction of sp³-hybridized carbons (Fsp3) is 0.692. The summed E-state index contributed by atoms with van der Waals surface area (Å²) in [5.41, 5.74) is 0.144. The van der Waals surface area contributed by atoms with Crippen LogP contribution >= 0.6 is 11.3 Å². The Morgan fingerprint density at radius 2 is 2.42 bits per heavy atom. The van der Waals surface area contributed by atoms with Crippen LogP contribution in [0.15, 0.2) is 5.38 Å². The van der Waals surface area contributed by atoms with Gasteiger partial charge in [-0.15, -0.1) is 11.3 Å². The van der Waals surface area contributed by atoms with E-state index in [0.29, 0.717) is 11.7 Å². The van der Waals surface area contributed by atoms with Crippen molar-refractivity contribution < 1.29 is 9.90 Å². The van der Waals surface area contributed by atoms with Crippen molar-refractivity contribution in [1.29, 1.82) is 0 Å². The number of hydrogen-bond acceptors (Lipinski definition) is 5. The lowest BCUT2D eigenvalue weighted by Crippen LogP contribution is -2.48. The highest BCUT2D eigenvalue weighted by molar-refractivity contribution is 7.13. The maximum Gasteiger partial charge on any atom is 0.240 e. The Morgan fingerprint density at radius 3 is 3.00 bits per heavy atom. The SMILES string of the molecule is Cc1csc(NC(=O)CN2CCCC2C(C)(C)O)n1. The zero-order valence-electron chi connectivity index (χ0n) is 11.6. The molecule has 1 aromatic heterocycles. The highest BCUT2D eigenvalue weighted by atomic mass is 32.1. The molecule has 0 radical (unpaired) electrons. The first-order chi connectivity index (χ1) is 8.86. The second-order valence-electron chi connectivity index (χ2n) is 5.62. The summed E-state index contributed by atoms with van der Waals surface area (Å²) in [6.07, 6.45) is 1.96. The van der Waals surface area contributed by atoms with Crippen LogP contribution in [0.2, 0.25) is 0 Å². The van der Waals surface area contributed by atoms with Gasteiger partial charge in [-0.05, 0) is 40.2 Å². The largest absolute Gasteiger partial charge is 0.389 e. The van der Waals surface area contributed by atoms with Crippen LogP contribution in [0.5, 0.6) is 0 Å². The van der Waals surface area contributed by atoms with Crippen LogP contribution in [0.1, 0.15) is 32.4 Å². The maximum absolute atomic E-state index is 12.0. The molecule has 2 rings (SSSR count). The third-order valence-electron chi connectivity index (χ3n) is 3.39. The van der Waals surface area contributed by atoms with Gasteiger partial charge in [0.25, 0.3) is 0 Å². The van der Waals surface area contributed by atoms with E-state index in [-0.39, 0.29) is 11.9 Å². The van der Waals surface area contributed by atoms with Gasteiger partial charge in [0.2, 0.25) is 5.91 Å². The Morgan fingerprint density at radius 1 is 1.68 bits per heavy atom. The van der Waals surface area contributed by atoms with Crippen LogP contribution in [0.3, 0.4) is 0 Å². The molecule has 1 saturated heterocycles. The fourth-order valence-corrected chi connectivity index (χ4v) is 3.27. The molecule has 2 N–H and O–H groups in total. The number of rotatable bonds is 4. The van der Waals surface area contributed by atoms with E-state index in [2.05, 4.69) is 15.2 Å². The first kappa shape index (κ1) is 14.4. The molecule has 1 unspecified atom stereocenters. The second-order valence-corrected chi connectivity index (χ2v) is 6.48. The molecule has 1 fully saturated rings. The van der Waals surface area contributed by atoms with Crippen LogP contribution in [0.4, 0.5) is 5.13 Å². The van der Waals surface area contributed by atoms with E-state index < -0.39 is 5.60 Å². The number of amides is 1. The minimum absolute atomic E-state index is 0.0521. The van der Waals surface area contributed by atoms with Crippen molar-refractivity contribution in [2.45, 2.75) is 45.3 Å². The van der Waals surface area contributed by atoms with Crippen molar-refractivity contribution in [3.63, 3.8) is 0 Å². The van der Waals surface area contributed by atoms with Gasteiger partial charge in [-0.25, -0.2) is 4.98 Å². The first-order valence-corrected chi connectivity index (χ1v) is 7.42. The van der Waals surface area contributed by atoms with E-state index >= 15 is 0 Å². The van der Waals surface area contributed by atoms with Gasteiger partial charge in [0.1, 0.15) is 0 Å². The number of aryl methyl sites for hydroxylation is 1. The Bertz CT molecular complexity index is 453. The molecule has 1 atom stereocenters. The molecule has 1 aliphatic heterocycles. The third kappa shape index (κ3) is 3.75. The third-order valence-corrected chi connectivity index (χ3v) is 4.27. The average Bonchev–Trinajstić information content (AvgIpc) is 2.86. The predicted octanol–water partition coefficient (Wildman–Crippen LogP) is 1.63. The van der Waals surface area contributed by atoms with Crippen molar-refractivity contribution in [1.82, 2.24) is 9.88 Å². The predicted molar refractivity (Wildman–Crippen MR) is 76.4 cm³/mol. The number of aliphatic hydroxyl groups is 1. The lowest BCUT2D eigenvalue weighted by molar-refractivity contribution is -0.118. The molecule has 0 aromatic carbocycles. The molecule has 1 aliphatic rings. The highest BCUT2D eigenvalue weighted by Crippen LogP contribution is 2.26. The highest BCUT2D eigenvalue weighted by Gasteiger charge is 2.36. The van der Waals surface area contributed by atoms with E-state index in [1.54, 1.807) is 13.8 Å². The summed E-state index contributed by atoms with van der Waals surface area (Å²) in [5, 5.41) is 15.5. The molecule has 1 aromatic rings. The van der Waals surface area contributed by atoms with Crippen molar-refractivity contribution in [3.05, 3.63) is 11.1 Å². The minimum atomic E-state index is -0.769. The van der Waals surface area contributed by atoms with Crippen LogP contribution < -0.4 is 5.32 Å². The van der Waals surface area contributed by atoms with E-state index in [1.807, 2.05) is 12.3 Å². The molecule has 0 spiro atoms. The summed E-state index contributed by atoms with van der Waals surface area (Å²) in [7, 11) is 0. The number of aromatic nitrogens is 1. The van der Waals surface area contributed by atoms with Crippen LogP contribution in [0, 0.1) is 6.92 Å². The lowest BCUT2D eigenvalue weighted by atomic mass is 9.97. The molecule has 2 heterocycles. The summed E-state index contributed by atoms with van der Waals surface area (Å²) in [6.45, 7) is 6.68. The molecule has 106 valence electrons. The quantitative estimate of drug-likeness (QED) is 0.881. The van der Waals surface area contributed by atoms with Crippen LogP contribution in [0.25, 0.3) is 0 Å². The molecule has 6 heteroatoms. The molecule has 5 nitrogen and oxygen atoms in total. The number of likely N-dealkylation sites (tertiary alicyclic amines) is 1. The summed E-state index contributed by atoms with van der Waals surface area (Å²) in [6, 6.07) is 0.0521. The Kier molecular flexibility index (Phi) is 4.23. The number of hydrogen-bond donors (Lipinski definition) is 2. The fourth-order valence-electron chi connectivity index (χ4n) is 2.57. The van der Waals surface area contributed by atoms with Crippen LogP contribution in [-0.2, 0) is 4.79 Å². The number of nitrogens with one attached hydrogen (secondary N) is 1. The number of anilines is 1. The summed E-state index contributed by atoms with van der Waals surface area (Å²) in [5.74, 6) is -0.0644. The lowest BCUT2D eigenvalue weighted by Gasteiger charge is -2.33. The summed E-state index contributed by atoms with van der Waals surface area (Å²) >= 11 is 1.43. The zero-order chi connectivity index (χ0) is 14.0. The van der Waals surface area contributed by atoms with Crippen molar-refractivity contribution in [2.75, 3.05) is 18.4 Å². The van der Waals surface area contributed by atoms with Gasteiger partial charge < -0.3 is 10.4 Å². The Hall–Kier alpha value is -0.980. The van der Waals surface area contributed by atoms with Crippen LogP contribution in [-0.4, -0.2) is 45.6 Å². The van der Waals surface area contributed by atoms with Crippen molar-refractivity contribution in [3.8, 4) is 0 Å². The van der Waals surface area contributed by atoms with Gasteiger partial charge in [0.05, 0.1) is 17.8 Å². The monoisotopic (exact) mass is 283 g/mol. The topological polar surface area (TPSA) is 65.5 Å². The van der Waals surface area contributed by atoms with E-state index in [0.717, 1.165) is 25.1 Å². The van der Waals surface area contributed by atoms with Gasteiger partial charge in [-0.1, -0.05) is 0 Å². The number of carbonyl (C=O) groups excluding carboxylic acids is 1. The summed E-state index contributed by atoms with van der Waals surface area (Å²) < 4.78 is 0. The normalized spacial score (nSPS) is 20.7. The second kappa shape index (κ2) is 5.56. The maximum atomic E-state index is 12.0. The Labute approximate surface area is 117 Å². The Balaban J connectivity index is 1.91. The smallest absolute Gasteiger partial charge is 0.240 e. The molecule has 0 saturated carbocycles. The minimum Gasteiger partial charge on any atom is -0.389 e. The van der Waals surface area contributed by atoms with Gasteiger partial charge in [-0.2, -0.15) is 0 Å².